The van der Waals surface area contributed by atoms with Gasteiger partial charge in [-0.1, -0.05) is 152 Å². The van der Waals surface area contributed by atoms with E-state index in [1.165, 1.54) is 166 Å². The molecule has 0 aromatic carbocycles. The van der Waals surface area contributed by atoms with Crippen LogP contribution in [-0.4, -0.2) is 8.07 Å². The van der Waals surface area contributed by atoms with Crippen LogP contribution in [0.5, 0.6) is 0 Å². The van der Waals surface area contributed by atoms with Crippen molar-refractivity contribution in [2.24, 2.45) is 0 Å². The predicted octanol–water partition coefficient (Wildman–Crippen LogP) is 18.7. The van der Waals surface area contributed by atoms with Gasteiger partial charge in [-0.2, -0.15) is 0 Å². The van der Waals surface area contributed by atoms with E-state index in [1.54, 1.807) is 0 Å². The van der Waals surface area contributed by atoms with Crippen LogP contribution in [0, 0.1) is 23.3 Å². The van der Waals surface area contributed by atoms with E-state index in [0.717, 1.165) is 19.3 Å². The zero-order chi connectivity index (χ0) is 41.9. The molecular formula is C53H78S4Si. The smallest absolute Gasteiger partial charge is 0.143 e. The molecule has 4 aromatic rings. The second kappa shape index (κ2) is 25.8. The van der Waals surface area contributed by atoms with Gasteiger partial charge in [-0.3, -0.25) is 0 Å². The second-order valence-electron chi connectivity index (χ2n) is 17.8. The van der Waals surface area contributed by atoms with Gasteiger partial charge in [0.25, 0.3) is 0 Å². The Morgan fingerprint density at radius 1 is 0.466 bits per heavy atom. The summed E-state index contributed by atoms with van der Waals surface area (Å²) in [5, 5.41) is 2.31. The third-order valence-corrected chi connectivity index (χ3v) is 23.3. The average Bonchev–Trinajstić information content (AvgIpc) is 4.01. The SMILES string of the molecule is CCCCCCc1cc(-c2sccc2CCCCCC)sc1C#Cc1cc(CCCCCC)c(-c2cc(CCCCCC)c(C#C[Si](C(C)C)(C(C)C)C(C)C)s2)s1. The van der Waals surface area contributed by atoms with Crippen molar-refractivity contribution in [2.75, 3.05) is 0 Å². The van der Waals surface area contributed by atoms with E-state index in [-0.39, 0.29) is 0 Å². The van der Waals surface area contributed by atoms with Gasteiger partial charge in [-0.05, 0) is 132 Å². The molecule has 5 heteroatoms. The minimum Gasteiger partial charge on any atom is -0.143 e. The van der Waals surface area contributed by atoms with E-state index in [4.69, 9.17) is 0 Å². The number of rotatable bonds is 25. The molecule has 0 atom stereocenters. The molecule has 0 fully saturated rings. The first-order valence-electron chi connectivity index (χ1n) is 23.6. The maximum atomic E-state index is 4.10. The number of thiophene rings is 4. The maximum absolute atomic E-state index is 4.10. The summed E-state index contributed by atoms with van der Waals surface area (Å²) in [6.07, 6.45) is 25.2. The first-order valence-corrected chi connectivity index (χ1v) is 29.2. The molecule has 4 heterocycles. The van der Waals surface area contributed by atoms with Crippen molar-refractivity contribution >= 4 is 53.4 Å². The van der Waals surface area contributed by atoms with Crippen molar-refractivity contribution in [1.29, 1.82) is 0 Å². The van der Waals surface area contributed by atoms with Crippen LogP contribution in [0.3, 0.4) is 0 Å². The zero-order valence-corrected chi connectivity index (χ0v) is 42.7. The summed E-state index contributed by atoms with van der Waals surface area (Å²) in [4.78, 5) is 9.62. The molecular weight excluding hydrogens is 793 g/mol. The van der Waals surface area contributed by atoms with Crippen molar-refractivity contribution in [1.82, 2.24) is 0 Å². The zero-order valence-electron chi connectivity index (χ0n) is 38.4. The lowest BCUT2D eigenvalue weighted by molar-refractivity contribution is 0.667. The van der Waals surface area contributed by atoms with Crippen LogP contribution in [0.15, 0.2) is 29.6 Å². The molecule has 0 aliphatic rings. The summed E-state index contributed by atoms with van der Waals surface area (Å²) < 4.78 is 0. The Hall–Kier alpha value is -1.86. The normalized spacial score (nSPS) is 11.8. The quantitative estimate of drug-likeness (QED) is 0.0354. The molecule has 318 valence electrons. The Morgan fingerprint density at radius 2 is 0.914 bits per heavy atom. The van der Waals surface area contributed by atoms with Crippen LogP contribution < -0.4 is 0 Å². The van der Waals surface area contributed by atoms with E-state index >= 15 is 0 Å². The Morgan fingerprint density at radius 3 is 1.40 bits per heavy atom. The molecule has 0 saturated heterocycles. The molecule has 0 aliphatic carbocycles. The van der Waals surface area contributed by atoms with E-state index in [0.29, 0.717) is 16.6 Å². The largest absolute Gasteiger partial charge is 0.146 e. The monoisotopic (exact) mass is 870 g/mol. The van der Waals surface area contributed by atoms with Crippen molar-refractivity contribution in [3.05, 3.63) is 66.5 Å². The van der Waals surface area contributed by atoms with Gasteiger partial charge in [-0.25, -0.2) is 0 Å². The molecule has 0 radical (unpaired) electrons. The van der Waals surface area contributed by atoms with Gasteiger partial charge in [0.2, 0.25) is 0 Å². The topological polar surface area (TPSA) is 0 Å². The standard InChI is InChI=1S/C53H78S4Si/c1-11-15-19-23-27-43-33-35-54-52(43)50-38-44(28-24-20-16-12-2)48(56-50)32-31-47-37-46(30-26-22-18-14-4)53(55-47)51-39-45(29-25-21-17-13-3)49(57-51)34-36-58(40(5)6,41(7)8)42(9)10/h33,35,37-42H,11-30H2,1-10H3. The number of aryl methyl sites for hydroxylation is 4. The van der Waals surface area contributed by atoms with Crippen molar-refractivity contribution in [2.45, 2.75) is 214 Å². The van der Waals surface area contributed by atoms with Crippen LogP contribution in [0.1, 0.15) is 209 Å². The third kappa shape index (κ3) is 13.8. The van der Waals surface area contributed by atoms with Gasteiger partial charge >= 0.3 is 0 Å². The molecule has 0 bridgehead atoms. The fraction of sp³-hybridized carbons (Fsp3) is 0.623. The van der Waals surface area contributed by atoms with Gasteiger partial charge in [0.15, 0.2) is 0 Å². The third-order valence-electron chi connectivity index (χ3n) is 12.4. The lowest BCUT2D eigenvalue weighted by Crippen LogP contribution is -2.43. The van der Waals surface area contributed by atoms with Crippen molar-refractivity contribution in [3.8, 4) is 42.8 Å². The summed E-state index contributed by atoms with van der Waals surface area (Å²) in [5.74, 6) is 11.5. The fourth-order valence-corrected chi connectivity index (χ4v) is 18.7. The molecule has 0 unspecified atom stereocenters. The molecule has 0 spiro atoms. The van der Waals surface area contributed by atoms with Crippen molar-refractivity contribution < 1.29 is 0 Å². The van der Waals surface area contributed by atoms with Crippen LogP contribution in [0.25, 0.3) is 19.5 Å². The molecule has 0 saturated carbocycles. The summed E-state index contributed by atoms with van der Waals surface area (Å²) in [5.41, 5.74) is 12.0. The number of unbranched alkanes of at least 4 members (excludes halogenated alkanes) is 12. The van der Waals surface area contributed by atoms with E-state index in [1.807, 2.05) is 45.3 Å². The van der Waals surface area contributed by atoms with Crippen LogP contribution >= 0.6 is 45.3 Å². The first-order chi connectivity index (χ1) is 28.1. The highest BCUT2D eigenvalue weighted by atomic mass is 32.1. The Kier molecular flexibility index (Phi) is 21.7. The molecule has 0 amide bonds. The Labute approximate surface area is 374 Å². The second-order valence-corrected chi connectivity index (χ2v) is 27.5. The first kappa shape index (κ1) is 48.8. The van der Waals surface area contributed by atoms with Gasteiger partial charge < -0.3 is 0 Å². The van der Waals surface area contributed by atoms with Gasteiger partial charge in [-0.15, -0.1) is 50.9 Å². The number of hydrogen-bond donors (Lipinski definition) is 0. The van der Waals surface area contributed by atoms with Crippen LogP contribution in [0.4, 0.5) is 0 Å². The average molecular weight is 872 g/mol. The lowest BCUT2D eigenvalue weighted by Gasteiger charge is -2.38. The van der Waals surface area contributed by atoms with Gasteiger partial charge in [0.1, 0.15) is 8.07 Å². The van der Waals surface area contributed by atoms with Crippen LogP contribution in [-0.2, 0) is 25.7 Å². The summed E-state index contributed by atoms with van der Waals surface area (Å²) in [6.45, 7) is 23.9. The van der Waals surface area contributed by atoms with Crippen molar-refractivity contribution in [3.63, 3.8) is 0 Å². The van der Waals surface area contributed by atoms with Gasteiger partial charge in [0.05, 0.1) is 14.6 Å². The van der Waals surface area contributed by atoms with E-state index in [2.05, 4.69) is 122 Å². The molecule has 4 rings (SSSR count). The van der Waals surface area contributed by atoms with E-state index < -0.39 is 8.07 Å². The Bertz CT molecular complexity index is 1880. The van der Waals surface area contributed by atoms with Gasteiger partial charge in [0, 0.05) is 19.5 Å². The molecule has 58 heavy (non-hydrogen) atoms. The predicted molar refractivity (Wildman–Crippen MR) is 271 cm³/mol. The highest BCUT2D eigenvalue weighted by Gasteiger charge is 2.41. The summed E-state index contributed by atoms with van der Waals surface area (Å²) in [7, 11) is -1.84. The molecule has 0 N–H and O–H groups in total. The molecule has 0 aliphatic heterocycles. The summed E-state index contributed by atoms with van der Waals surface area (Å²) >= 11 is 7.79. The maximum Gasteiger partial charge on any atom is 0.146 e. The molecule has 4 aromatic heterocycles. The molecule has 0 nitrogen and oxygen atoms in total. The summed E-state index contributed by atoms with van der Waals surface area (Å²) in [6, 6.07) is 9.89. The minimum atomic E-state index is -1.84. The van der Waals surface area contributed by atoms with E-state index in [9.17, 15) is 0 Å². The number of hydrogen-bond acceptors (Lipinski definition) is 4. The minimum absolute atomic E-state index is 0.639. The fourth-order valence-electron chi connectivity index (χ4n) is 8.98. The highest BCUT2D eigenvalue weighted by Crippen LogP contribution is 2.43. The highest BCUT2D eigenvalue weighted by molar-refractivity contribution is 7.23. The Balaban J connectivity index is 1.76. The lowest BCUT2D eigenvalue weighted by atomic mass is 10.0. The van der Waals surface area contributed by atoms with Crippen LogP contribution in [0.2, 0.25) is 16.6 Å².